The second-order valence-corrected chi connectivity index (χ2v) is 12.1. The van der Waals surface area contributed by atoms with Gasteiger partial charge in [-0.15, -0.1) is 0 Å². The van der Waals surface area contributed by atoms with E-state index in [4.69, 9.17) is 16.6 Å². The summed E-state index contributed by atoms with van der Waals surface area (Å²) < 4.78 is 16.1. The van der Waals surface area contributed by atoms with Crippen molar-refractivity contribution in [3.05, 3.63) is 99.4 Å². The molecule has 7 nitrogen and oxygen atoms in total. The first-order chi connectivity index (χ1) is 21.2. The molecule has 226 valence electrons. The van der Waals surface area contributed by atoms with Crippen molar-refractivity contribution in [2.24, 2.45) is 0 Å². The fourth-order valence-corrected chi connectivity index (χ4v) is 6.35. The van der Waals surface area contributed by atoms with Crippen molar-refractivity contribution < 1.29 is 4.39 Å². The van der Waals surface area contributed by atoms with E-state index in [-0.39, 0.29) is 5.56 Å². The average Bonchev–Trinajstić information content (AvgIpc) is 3.01. The van der Waals surface area contributed by atoms with Crippen molar-refractivity contribution in [1.29, 1.82) is 0 Å². The number of fused-ring (bicyclic) bond motifs is 1. The summed E-state index contributed by atoms with van der Waals surface area (Å²) in [6.45, 7) is 10.9. The van der Waals surface area contributed by atoms with Gasteiger partial charge in [0.05, 0.1) is 0 Å². The van der Waals surface area contributed by atoms with Crippen LogP contribution in [0.3, 0.4) is 0 Å². The predicted molar refractivity (Wildman–Crippen MR) is 176 cm³/mol. The van der Waals surface area contributed by atoms with Crippen LogP contribution in [0.2, 0.25) is 5.02 Å². The van der Waals surface area contributed by atoms with Crippen LogP contribution in [0.5, 0.6) is 0 Å². The maximum atomic E-state index is 14.5. The molecule has 1 aliphatic heterocycles. The van der Waals surface area contributed by atoms with Crippen LogP contribution in [0.25, 0.3) is 33.3 Å². The number of aryl methyl sites for hydroxylation is 2. The van der Waals surface area contributed by atoms with Crippen molar-refractivity contribution in [3.8, 4) is 22.3 Å². The van der Waals surface area contributed by atoms with Crippen LogP contribution < -0.4 is 10.9 Å². The van der Waals surface area contributed by atoms with Crippen LogP contribution >= 0.6 is 11.6 Å². The Bertz CT molecular complexity index is 1880. The number of benzene rings is 2. The highest BCUT2D eigenvalue weighted by Gasteiger charge is 2.22. The number of nitrogens with one attached hydrogen (secondary N) is 1. The molecule has 0 radical (unpaired) electrons. The Kier molecular flexibility index (Phi) is 8.47. The van der Waals surface area contributed by atoms with Gasteiger partial charge in [-0.1, -0.05) is 35.9 Å². The van der Waals surface area contributed by atoms with Gasteiger partial charge in [0.25, 0.3) is 5.56 Å². The standard InChI is InChI=1S/C35H36ClFN6O/c1-5-43-33-26(18-30(34(43)44)29-13-9-25(19-31(29)36)28-12-6-22(4)39-32(28)37)20-38-35(41-33)40-27-10-7-23(8-11-27)24-14-16-42(17-15-24)21(2)3/h6-13,18-21,24H,5,14-17H2,1-4H3,(H,38,40,41). The lowest BCUT2D eigenvalue weighted by Gasteiger charge is -2.34. The summed E-state index contributed by atoms with van der Waals surface area (Å²) in [4.78, 5) is 29.4. The van der Waals surface area contributed by atoms with Crippen molar-refractivity contribution in [3.63, 3.8) is 0 Å². The van der Waals surface area contributed by atoms with E-state index >= 15 is 0 Å². The van der Waals surface area contributed by atoms with E-state index in [2.05, 4.69) is 58.3 Å². The minimum atomic E-state index is -0.562. The minimum Gasteiger partial charge on any atom is -0.324 e. The van der Waals surface area contributed by atoms with Crippen LogP contribution in [-0.2, 0) is 6.54 Å². The zero-order valence-electron chi connectivity index (χ0n) is 25.4. The monoisotopic (exact) mass is 610 g/mol. The van der Waals surface area contributed by atoms with Crippen molar-refractivity contribution in [2.45, 2.75) is 59.0 Å². The Morgan fingerprint density at radius 2 is 1.70 bits per heavy atom. The summed E-state index contributed by atoms with van der Waals surface area (Å²) in [5.74, 6) is 0.434. The highest BCUT2D eigenvalue weighted by molar-refractivity contribution is 6.33. The van der Waals surface area contributed by atoms with E-state index in [1.807, 2.05) is 6.92 Å². The van der Waals surface area contributed by atoms with Gasteiger partial charge in [-0.3, -0.25) is 9.36 Å². The first kappa shape index (κ1) is 29.9. The number of hydrogen-bond acceptors (Lipinski definition) is 6. The lowest BCUT2D eigenvalue weighted by Crippen LogP contribution is -2.37. The molecule has 44 heavy (non-hydrogen) atoms. The van der Waals surface area contributed by atoms with E-state index in [1.165, 1.54) is 18.4 Å². The molecule has 1 saturated heterocycles. The Labute approximate surface area is 261 Å². The number of rotatable bonds is 7. The summed E-state index contributed by atoms with van der Waals surface area (Å²) in [5.41, 5.74) is 5.09. The van der Waals surface area contributed by atoms with Gasteiger partial charge in [0.15, 0.2) is 0 Å². The molecular formula is C35H36ClFN6O. The Hall–Kier alpha value is -4.14. The van der Waals surface area contributed by atoms with Crippen LogP contribution in [-0.4, -0.2) is 43.6 Å². The van der Waals surface area contributed by atoms with Gasteiger partial charge >= 0.3 is 0 Å². The zero-order valence-corrected chi connectivity index (χ0v) is 26.2. The molecule has 0 aliphatic carbocycles. The van der Waals surface area contributed by atoms with Crippen LogP contribution in [0.15, 0.2) is 71.7 Å². The summed E-state index contributed by atoms with van der Waals surface area (Å²) in [6, 6.07) is 19.5. The fraction of sp³-hybridized carbons (Fsp3) is 0.314. The first-order valence-corrected chi connectivity index (χ1v) is 15.5. The fourth-order valence-electron chi connectivity index (χ4n) is 6.06. The van der Waals surface area contributed by atoms with Crippen molar-refractivity contribution in [2.75, 3.05) is 18.4 Å². The maximum absolute atomic E-state index is 14.5. The molecule has 0 bridgehead atoms. The third-order valence-corrected chi connectivity index (χ3v) is 8.91. The molecule has 1 aliphatic rings. The molecular weight excluding hydrogens is 575 g/mol. The predicted octanol–water partition coefficient (Wildman–Crippen LogP) is 7.97. The number of hydrogen-bond donors (Lipinski definition) is 1. The lowest BCUT2D eigenvalue weighted by atomic mass is 9.89. The van der Waals surface area contributed by atoms with E-state index in [0.717, 1.165) is 18.8 Å². The molecule has 3 aromatic heterocycles. The summed E-state index contributed by atoms with van der Waals surface area (Å²) in [6.07, 6.45) is 4.06. The SMILES string of the molecule is CCn1c(=O)c(-c2ccc(-c3ccc(C)nc3F)cc2Cl)cc2cnc(Nc3ccc(C4CCN(C(C)C)CC4)cc3)nc21. The number of anilines is 2. The third-order valence-electron chi connectivity index (χ3n) is 8.60. The number of piperidine rings is 1. The second-order valence-electron chi connectivity index (χ2n) is 11.7. The molecule has 1 fully saturated rings. The molecule has 2 aromatic carbocycles. The Morgan fingerprint density at radius 1 is 0.977 bits per heavy atom. The molecule has 0 unspecified atom stereocenters. The minimum absolute atomic E-state index is 0.213. The van der Waals surface area contributed by atoms with Gasteiger partial charge in [-0.25, -0.2) is 9.97 Å². The highest BCUT2D eigenvalue weighted by atomic mass is 35.5. The van der Waals surface area contributed by atoms with E-state index < -0.39 is 5.95 Å². The van der Waals surface area contributed by atoms with Gasteiger partial charge < -0.3 is 10.2 Å². The molecule has 9 heteroatoms. The normalized spacial score (nSPS) is 14.4. The Balaban J connectivity index is 1.25. The largest absolute Gasteiger partial charge is 0.324 e. The molecule has 0 amide bonds. The second kappa shape index (κ2) is 12.5. The van der Waals surface area contributed by atoms with E-state index in [9.17, 15) is 9.18 Å². The molecule has 4 heterocycles. The summed E-state index contributed by atoms with van der Waals surface area (Å²) in [5, 5.41) is 4.36. The van der Waals surface area contributed by atoms with E-state index in [1.54, 1.807) is 54.1 Å². The third kappa shape index (κ3) is 5.97. The molecule has 0 saturated carbocycles. The van der Waals surface area contributed by atoms with Crippen LogP contribution in [0.4, 0.5) is 16.0 Å². The van der Waals surface area contributed by atoms with Crippen LogP contribution in [0.1, 0.15) is 50.8 Å². The molecule has 6 rings (SSSR count). The quantitative estimate of drug-likeness (QED) is 0.188. The lowest BCUT2D eigenvalue weighted by molar-refractivity contribution is 0.172. The number of pyridine rings is 2. The Morgan fingerprint density at radius 3 is 2.36 bits per heavy atom. The highest BCUT2D eigenvalue weighted by Crippen LogP contribution is 2.33. The van der Waals surface area contributed by atoms with Gasteiger partial charge in [0.1, 0.15) is 5.65 Å². The number of halogens is 2. The number of aromatic nitrogens is 4. The molecule has 0 spiro atoms. The molecule has 5 aromatic rings. The zero-order chi connectivity index (χ0) is 31.0. The van der Waals surface area contributed by atoms with Gasteiger partial charge in [0, 0.05) is 57.3 Å². The average molecular weight is 611 g/mol. The number of nitrogens with zero attached hydrogens (tertiary/aromatic N) is 5. The molecule has 0 atom stereocenters. The smallest absolute Gasteiger partial charge is 0.260 e. The first-order valence-electron chi connectivity index (χ1n) is 15.2. The van der Waals surface area contributed by atoms with Gasteiger partial charge in [0.2, 0.25) is 11.9 Å². The summed E-state index contributed by atoms with van der Waals surface area (Å²) in [7, 11) is 0. The van der Waals surface area contributed by atoms with Gasteiger partial charge in [-0.05, 0) is 107 Å². The van der Waals surface area contributed by atoms with Crippen molar-refractivity contribution >= 4 is 34.3 Å². The number of likely N-dealkylation sites (tertiary alicyclic amines) is 1. The van der Waals surface area contributed by atoms with E-state index in [0.29, 0.717) is 68.5 Å². The molecule has 1 N–H and O–H groups in total. The summed E-state index contributed by atoms with van der Waals surface area (Å²) >= 11 is 6.68. The van der Waals surface area contributed by atoms with Crippen LogP contribution in [0, 0.1) is 12.9 Å². The maximum Gasteiger partial charge on any atom is 0.260 e. The van der Waals surface area contributed by atoms with Crippen molar-refractivity contribution in [1.82, 2.24) is 24.4 Å². The van der Waals surface area contributed by atoms with Gasteiger partial charge in [-0.2, -0.15) is 9.37 Å². The topological polar surface area (TPSA) is 75.9 Å².